The minimum atomic E-state index is 0.191. The van der Waals surface area contributed by atoms with E-state index in [-0.39, 0.29) is 5.54 Å². The van der Waals surface area contributed by atoms with E-state index in [2.05, 4.69) is 43.0 Å². The molecule has 15 heavy (non-hydrogen) atoms. The highest BCUT2D eigenvalue weighted by Gasteiger charge is 2.11. The summed E-state index contributed by atoms with van der Waals surface area (Å²) < 4.78 is 0. The minimum Gasteiger partial charge on any atom is -0.312 e. The van der Waals surface area contributed by atoms with Crippen LogP contribution in [0.4, 0.5) is 0 Å². The molecular formula is C12H21N3. The molecule has 0 aliphatic rings. The first-order valence-electron chi connectivity index (χ1n) is 5.47. The molecule has 0 spiro atoms. The average molecular weight is 207 g/mol. The van der Waals surface area contributed by atoms with Crippen LogP contribution in [0.15, 0.2) is 18.6 Å². The van der Waals surface area contributed by atoms with Crippen molar-refractivity contribution < 1.29 is 0 Å². The second-order valence-electron chi connectivity index (χ2n) is 5.14. The molecule has 1 atom stereocenters. The maximum Gasteiger partial charge on any atom is 0.0589 e. The number of nitrogens with one attached hydrogen (secondary N) is 1. The third kappa shape index (κ3) is 5.47. The first-order chi connectivity index (χ1) is 6.97. The van der Waals surface area contributed by atoms with E-state index >= 15 is 0 Å². The quantitative estimate of drug-likeness (QED) is 0.821. The largest absolute Gasteiger partial charge is 0.312 e. The lowest BCUT2D eigenvalue weighted by Crippen LogP contribution is -2.39. The van der Waals surface area contributed by atoms with Crippen LogP contribution in [0.25, 0.3) is 0 Å². The lowest BCUT2D eigenvalue weighted by molar-refractivity contribution is 0.380. The standard InChI is InChI=1S/C12H21N3/c1-10(8-15-12(2,3)4)7-11-9-13-5-6-14-11/h5-6,9-10,15H,7-8H2,1-4H3. The van der Waals surface area contributed by atoms with E-state index in [4.69, 9.17) is 0 Å². The highest BCUT2D eigenvalue weighted by molar-refractivity contribution is 4.96. The van der Waals surface area contributed by atoms with E-state index in [9.17, 15) is 0 Å². The summed E-state index contributed by atoms with van der Waals surface area (Å²) in [6.07, 6.45) is 6.28. The number of aromatic nitrogens is 2. The van der Waals surface area contributed by atoms with Gasteiger partial charge in [-0.3, -0.25) is 9.97 Å². The van der Waals surface area contributed by atoms with Gasteiger partial charge in [-0.2, -0.15) is 0 Å². The van der Waals surface area contributed by atoms with Gasteiger partial charge in [0.15, 0.2) is 0 Å². The summed E-state index contributed by atoms with van der Waals surface area (Å²) in [5.41, 5.74) is 1.26. The fraction of sp³-hybridized carbons (Fsp3) is 0.667. The van der Waals surface area contributed by atoms with Crippen LogP contribution < -0.4 is 5.32 Å². The molecule has 84 valence electrons. The zero-order chi connectivity index (χ0) is 11.3. The van der Waals surface area contributed by atoms with E-state index in [1.807, 2.05) is 6.20 Å². The van der Waals surface area contributed by atoms with Crippen LogP contribution in [-0.2, 0) is 6.42 Å². The number of rotatable bonds is 4. The summed E-state index contributed by atoms with van der Waals surface area (Å²) in [5.74, 6) is 0.584. The van der Waals surface area contributed by atoms with E-state index in [0.717, 1.165) is 18.7 Å². The first-order valence-corrected chi connectivity index (χ1v) is 5.47. The molecule has 3 heteroatoms. The SMILES string of the molecule is CC(CNC(C)(C)C)Cc1cnccn1. The van der Waals surface area contributed by atoms with Crippen LogP contribution >= 0.6 is 0 Å². The zero-order valence-corrected chi connectivity index (χ0v) is 10.1. The molecule has 1 unspecified atom stereocenters. The van der Waals surface area contributed by atoms with E-state index in [1.54, 1.807) is 12.4 Å². The lowest BCUT2D eigenvalue weighted by Gasteiger charge is -2.23. The molecule has 1 aromatic rings. The van der Waals surface area contributed by atoms with Crippen LogP contribution in [0.3, 0.4) is 0 Å². The normalized spacial score (nSPS) is 13.9. The molecule has 1 heterocycles. The highest BCUT2D eigenvalue weighted by Crippen LogP contribution is 2.06. The van der Waals surface area contributed by atoms with Crippen molar-refractivity contribution in [3.8, 4) is 0 Å². The molecule has 0 fully saturated rings. The third-order valence-corrected chi connectivity index (χ3v) is 2.16. The van der Waals surface area contributed by atoms with Crippen LogP contribution in [0.2, 0.25) is 0 Å². The van der Waals surface area contributed by atoms with Crippen molar-refractivity contribution in [1.29, 1.82) is 0 Å². The molecule has 0 aliphatic carbocycles. The van der Waals surface area contributed by atoms with Gasteiger partial charge in [0.2, 0.25) is 0 Å². The topological polar surface area (TPSA) is 37.8 Å². The minimum absolute atomic E-state index is 0.191. The van der Waals surface area contributed by atoms with E-state index in [1.165, 1.54) is 0 Å². The highest BCUT2D eigenvalue weighted by atomic mass is 14.9. The maximum absolute atomic E-state index is 4.27. The molecule has 3 nitrogen and oxygen atoms in total. The van der Waals surface area contributed by atoms with Crippen molar-refractivity contribution >= 4 is 0 Å². The number of hydrogen-bond acceptors (Lipinski definition) is 3. The lowest BCUT2D eigenvalue weighted by atomic mass is 10.0. The Morgan fingerprint density at radius 3 is 2.60 bits per heavy atom. The maximum atomic E-state index is 4.27. The van der Waals surface area contributed by atoms with Crippen molar-refractivity contribution in [2.75, 3.05) is 6.54 Å². The molecule has 0 saturated carbocycles. The summed E-state index contributed by atoms with van der Waals surface area (Å²) in [5, 5.41) is 3.49. The molecule has 0 aliphatic heterocycles. The Hall–Kier alpha value is -0.960. The predicted molar refractivity (Wildman–Crippen MR) is 62.7 cm³/mol. The van der Waals surface area contributed by atoms with E-state index in [0.29, 0.717) is 5.92 Å². The Morgan fingerprint density at radius 1 is 1.33 bits per heavy atom. The predicted octanol–water partition coefficient (Wildman–Crippen LogP) is 2.04. The molecule has 0 amide bonds. The van der Waals surface area contributed by atoms with Crippen LogP contribution in [0.5, 0.6) is 0 Å². The Labute approximate surface area is 92.3 Å². The van der Waals surface area contributed by atoms with Gasteiger partial charge in [0, 0.05) is 24.1 Å². The van der Waals surface area contributed by atoms with Gasteiger partial charge in [0.05, 0.1) is 5.69 Å². The van der Waals surface area contributed by atoms with Crippen LogP contribution in [-0.4, -0.2) is 22.1 Å². The summed E-state index contributed by atoms with van der Waals surface area (Å²) in [7, 11) is 0. The molecule has 0 aromatic carbocycles. The summed E-state index contributed by atoms with van der Waals surface area (Å²) in [6, 6.07) is 0. The fourth-order valence-electron chi connectivity index (χ4n) is 1.34. The van der Waals surface area contributed by atoms with Gasteiger partial charge in [-0.15, -0.1) is 0 Å². The van der Waals surface area contributed by atoms with Crippen LogP contribution in [0.1, 0.15) is 33.4 Å². The number of nitrogens with zero attached hydrogens (tertiary/aromatic N) is 2. The second-order valence-corrected chi connectivity index (χ2v) is 5.14. The smallest absolute Gasteiger partial charge is 0.0589 e. The number of hydrogen-bond donors (Lipinski definition) is 1. The van der Waals surface area contributed by atoms with Crippen molar-refractivity contribution in [1.82, 2.24) is 15.3 Å². The van der Waals surface area contributed by atoms with Gasteiger partial charge in [0.25, 0.3) is 0 Å². The second kappa shape index (κ2) is 5.21. The van der Waals surface area contributed by atoms with Crippen molar-refractivity contribution in [3.63, 3.8) is 0 Å². The molecule has 0 saturated heterocycles. The van der Waals surface area contributed by atoms with Gasteiger partial charge in [0.1, 0.15) is 0 Å². The average Bonchev–Trinajstić information content (AvgIpc) is 2.15. The monoisotopic (exact) mass is 207 g/mol. The van der Waals surface area contributed by atoms with Crippen LogP contribution in [0, 0.1) is 5.92 Å². The van der Waals surface area contributed by atoms with Gasteiger partial charge in [-0.1, -0.05) is 6.92 Å². The van der Waals surface area contributed by atoms with Crippen molar-refractivity contribution in [3.05, 3.63) is 24.3 Å². The molecule has 0 bridgehead atoms. The fourth-order valence-corrected chi connectivity index (χ4v) is 1.34. The summed E-state index contributed by atoms with van der Waals surface area (Å²) in [4.78, 5) is 8.34. The third-order valence-electron chi connectivity index (χ3n) is 2.16. The van der Waals surface area contributed by atoms with E-state index < -0.39 is 0 Å². The van der Waals surface area contributed by atoms with Gasteiger partial charge < -0.3 is 5.32 Å². The molecule has 1 aromatic heterocycles. The van der Waals surface area contributed by atoms with Crippen molar-refractivity contribution in [2.24, 2.45) is 5.92 Å². The van der Waals surface area contributed by atoms with Gasteiger partial charge >= 0.3 is 0 Å². The first kappa shape index (κ1) is 12.1. The molecule has 0 radical (unpaired) electrons. The van der Waals surface area contributed by atoms with Gasteiger partial charge in [-0.05, 0) is 39.7 Å². The van der Waals surface area contributed by atoms with Crippen molar-refractivity contribution in [2.45, 2.75) is 39.7 Å². The van der Waals surface area contributed by atoms with Gasteiger partial charge in [-0.25, -0.2) is 0 Å². The molecular weight excluding hydrogens is 186 g/mol. The Balaban J connectivity index is 2.34. The Kier molecular flexibility index (Phi) is 4.21. The summed E-state index contributed by atoms with van der Waals surface area (Å²) in [6.45, 7) is 9.79. The Bertz CT molecular complexity index is 277. The summed E-state index contributed by atoms with van der Waals surface area (Å²) >= 11 is 0. The Morgan fingerprint density at radius 2 is 2.07 bits per heavy atom. The molecule has 1 N–H and O–H groups in total. The molecule has 1 rings (SSSR count). The zero-order valence-electron chi connectivity index (χ0n) is 10.1.